The molecule has 2 N–H and O–H groups in total. The van der Waals surface area contributed by atoms with E-state index in [1.807, 2.05) is 26.1 Å². The van der Waals surface area contributed by atoms with Crippen molar-refractivity contribution in [3.8, 4) is 0 Å². The van der Waals surface area contributed by atoms with Crippen LogP contribution in [0.25, 0.3) is 0 Å². The van der Waals surface area contributed by atoms with Gasteiger partial charge in [-0.3, -0.25) is 9.69 Å². The van der Waals surface area contributed by atoms with Crippen LogP contribution in [0.15, 0.2) is 22.8 Å². The van der Waals surface area contributed by atoms with Gasteiger partial charge in [-0.05, 0) is 58.5 Å². The van der Waals surface area contributed by atoms with Gasteiger partial charge in [-0.25, -0.2) is 0 Å². The van der Waals surface area contributed by atoms with Gasteiger partial charge in [0.05, 0.1) is 18.8 Å². The molecule has 0 aromatic carbocycles. The summed E-state index contributed by atoms with van der Waals surface area (Å²) < 4.78 is 5.25. The van der Waals surface area contributed by atoms with E-state index in [4.69, 9.17) is 4.42 Å². The lowest BCUT2D eigenvalue weighted by Gasteiger charge is -2.39. The Balaban J connectivity index is 1.86. The Labute approximate surface area is 127 Å². The normalized spacial score (nSPS) is 21.1. The monoisotopic (exact) mass is 293 g/mol. The van der Waals surface area contributed by atoms with E-state index >= 15 is 0 Å². The van der Waals surface area contributed by atoms with Crippen LogP contribution in [0.5, 0.6) is 0 Å². The zero-order valence-electron chi connectivity index (χ0n) is 13.1. The number of hydrogen-bond donors (Lipinski definition) is 2. The van der Waals surface area contributed by atoms with Crippen LogP contribution in [0.3, 0.4) is 0 Å². The van der Waals surface area contributed by atoms with Crippen LogP contribution in [-0.2, 0) is 11.3 Å². The van der Waals surface area contributed by atoms with Crippen molar-refractivity contribution in [3.63, 3.8) is 0 Å². The van der Waals surface area contributed by atoms with E-state index in [9.17, 15) is 4.79 Å². The van der Waals surface area contributed by atoms with Gasteiger partial charge in [-0.1, -0.05) is 6.42 Å². The zero-order chi connectivity index (χ0) is 15.1. The third-order valence-electron chi connectivity index (χ3n) is 4.29. The fourth-order valence-corrected chi connectivity index (χ4v) is 3.04. The maximum Gasteiger partial charge on any atom is 0.237 e. The summed E-state index contributed by atoms with van der Waals surface area (Å²) in [4.78, 5) is 14.7. The number of carbonyl (C=O) groups excluding carboxylic acids is 1. The van der Waals surface area contributed by atoms with Crippen LogP contribution in [-0.4, -0.2) is 43.0 Å². The van der Waals surface area contributed by atoms with Crippen molar-refractivity contribution in [1.82, 2.24) is 15.5 Å². The number of nitrogens with one attached hydrogen (secondary N) is 2. The molecular weight excluding hydrogens is 266 g/mol. The lowest BCUT2D eigenvalue weighted by Crippen LogP contribution is -2.52. The molecule has 0 spiro atoms. The van der Waals surface area contributed by atoms with Gasteiger partial charge in [0.1, 0.15) is 5.76 Å². The first-order valence-electron chi connectivity index (χ1n) is 7.93. The Bertz CT molecular complexity index is 419. The predicted molar refractivity (Wildman–Crippen MR) is 82.9 cm³/mol. The molecule has 1 aliphatic rings. The molecule has 1 aliphatic heterocycles. The summed E-state index contributed by atoms with van der Waals surface area (Å²) in [6, 6.07) is 4.14. The maximum atomic E-state index is 12.3. The first kappa shape index (κ1) is 16.0. The summed E-state index contributed by atoms with van der Waals surface area (Å²) in [6.45, 7) is 4.49. The molecule has 2 heterocycles. The lowest BCUT2D eigenvalue weighted by atomic mass is 9.97. The van der Waals surface area contributed by atoms with E-state index in [1.165, 1.54) is 19.3 Å². The highest BCUT2D eigenvalue weighted by atomic mass is 16.3. The van der Waals surface area contributed by atoms with Crippen LogP contribution in [0, 0.1) is 0 Å². The van der Waals surface area contributed by atoms with Gasteiger partial charge < -0.3 is 15.1 Å². The smallest absolute Gasteiger partial charge is 0.237 e. The van der Waals surface area contributed by atoms with Crippen molar-refractivity contribution < 1.29 is 9.21 Å². The van der Waals surface area contributed by atoms with Crippen molar-refractivity contribution in [3.05, 3.63) is 24.2 Å². The number of likely N-dealkylation sites (tertiary alicyclic amines) is 1. The van der Waals surface area contributed by atoms with Crippen LogP contribution >= 0.6 is 0 Å². The summed E-state index contributed by atoms with van der Waals surface area (Å²) in [5.74, 6) is 0.878. The average molecular weight is 293 g/mol. The van der Waals surface area contributed by atoms with Gasteiger partial charge in [-0.2, -0.15) is 0 Å². The second-order valence-electron chi connectivity index (χ2n) is 5.75. The molecule has 2 rings (SSSR count). The molecule has 21 heavy (non-hydrogen) atoms. The van der Waals surface area contributed by atoms with Gasteiger partial charge in [0.25, 0.3) is 0 Å². The third kappa shape index (κ3) is 4.58. The Morgan fingerprint density at radius 1 is 1.52 bits per heavy atom. The third-order valence-corrected chi connectivity index (χ3v) is 4.29. The van der Waals surface area contributed by atoms with Crippen molar-refractivity contribution >= 4 is 5.91 Å². The van der Waals surface area contributed by atoms with E-state index < -0.39 is 0 Å². The van der Waals surface area contributed by atoms with Gasteiger partial charge in [-0.15, -0.1) is 0 Å². The molecule has 5 nitrogen and oxygen atoms in total. The average Bonchev–Trinajstić information content (AvgIpc) is 3.03. The molecule has 5 heteroatoms. The second-order valence-corrected chi connectivity index (χ2v) is 5.75. The zero-order valence-corrected chi connectivity index (χ0v) is 13.1. The number of nitrogens with zero attached hydrogens (tertiary/aromatic N) is 1. The van der Waals surface area contributed by atoms with E-state index in [-0.39, 0.29) is 11.9 Å². The lowest BCUT2D eigenvalue weighted by molar-refractivity contribution is -0.127. The first-order chi connectivity index (χ1) is 10.2. The maximum absolute atomic E-state index is 12.3. The van der Waals surface area contributed by atoms with Crippen LogP contribution in [0.2, 0.25) is 0 Å². The number of piperidine rings is 1. The molecule has 118 valence electrons. The Kier molecular flexibility index (Phi) is 6.26. The summed E-state index contributed by atoms with van der Waals surface area (Å²) in [6.07, 6.45) is 6.38. The predicted octanol–water partition coefficient (Wildman–Crippen LogP) is 1.75. The minimum atomic E-state index is -0.0814. The molecular formula is C16H27N3O2. The van der Waals surface area contributed by atoms with Gasteiger partial charge in [0.15, 0.2) is 0 Å². The fraction of sp³-hybridized carbons (Fsp3) is 0.688. The number of amides is 1. The number of rotatable bonds is 7. The van der Waals surface area contributed by atoms with E-state index in [2.05, 4.69) is 15.5 Å². The van der Waals surface area contributed by atoms with Crippen molar-refractivity contribution in [1.29, 1.82) is 0 Å². The molecule has 2 atom stereocenters. The van der Waals surface area contributed by atoms with E-state index in [0.717, 1.165) is 25.3 Å². The number of furan rings is 1. The molecule has 1 saturated heterocycles. The molecule has 1 amide bonds. The molecule has 0 bridgehead atoms. The van der Waals surface area contributed by atoms with E-state index in [0.29, 0.717) is 12.6 Å². The highest BCUT2D eigenvalue weighted by Crippen LogP contribution is 2.22. The molecule has 2 unspecified atom stereocenters. The van der Waals surface area contributed by atoms with Crippen molar-refractivity contribution in [2.75, 3.05) is 20.1 Å². The van der Waals surface area contributed by atoms with Crippen LogP contribution in [0.1, 0.15) is 38.4 Å². The molecule has 0 radical (unpaired) electrons. The van der Waals surface area contributed by atoms with Crippen molar-refractivity contribution in [2.45, 2.75) is 51.2 Å². The number of hydrogen-bond acceptors (Lipinski definition) is 4. The standard InChI is InChI=1S/C16H27N3O2/c1-13(16(20)18-12-15-7-5-11-21-15)19-10-4-3-6-14(19)8-9-17-2/h5,7,11,13-14,17H,3-4,6,8-10,12H2,1-2H3,(H,18,20). The fourth-order valence-electron chi connectivity index (χ4n) is 3.04. The van der Waals surface area contributed by atoms with Gasteiger partial charge >= 0.3 is 0 Å². The summed E-state index contributed by atoms with van der Waals surface area (Å²) in [5.41, 5.74) is 0. The second kappa shape index (κ2) is 8.20. The first-order valence-corrected chi connectivity index (χ1v) is 7.93. The summed E-state index contributed by atoms with van der Waals surface area (Å²) in [7, 11) is 1.98. The quantitative estimate of drug-likeness (QED) is 0.804. The molecule has 0 aliphatic carbocycles. The van der Waals surface area contributed by atoms with Crippen molar-refractivity contribution in [2.24, 2.45) is 0 Å². The topological polar surface area (TPSA) is 57.5 Å². The van der Waals surface area contributed by atoms with Crippen LogP contribution in [0.4, 0.5) is 0 Å². The number of carbonyl (C=O) groups is 1. The molecule has 1 fully saturated rings. The SMILES string of the molecule is CNCCC1CCCCN1C(C)C(=O)NCc1ccco1. The molecule has 1 aromatic rings. The van der Waals surface area contributed by atoms with Crippen LogP contribution < -0.4 is 10.6 Å². The summed E-state index contributed by atoms with van der Waals surface area (Å²) in [5, 5.41) is 6.18. The highest BCUT2D eigenvalue weighted by molar-refractivity contribution is 5.81. The van der Waals surface area contributed by atoms with Gasteiger partial charge in [0.2, 0.25) is 5.91 Å². The molecule has 1 aromatic heterocycles. The Hall–Kier alpha value is -1.33. The van der Waals surface area contributed by atoms with E-state index in [1.54, 1.807) is 6.26 Å². The minimum absolute atomic E-state index is 0.0814. The Morgan fingerprint density at radius 3 is 3.10 bits per heavy atom. The minimum Gasteiger partial charge on any atom is -0.467 e. The van der Waals surface area contributed by atoms with Gasteiger partial charge in [0, 0.05) is 6.04 Å². The highest BCUT2D eigenvalue weighted by Gasteiger charge is 2.29. The Morgan fingerprint density at radius 2 is 2.38 bits per heavy atom. The largest absolute Gasteiger partial charge is 0.467 e. The molecule has 0 saturated carbocycles. The summed E-state index contributed by atoms with van der Waals surface area (Å²) >= 11 is 0.